The first-order valence-corrected chi connectivity index (χ1v) is 7.32. The minimum absolute atomic E-state index is 0.149. The number of rotatable bonds is 8. The van der Waals surface area contributed by atoms with E-state index in [1.165, 1.54) is 25.8 Å². The molecule has 0 aromatic heterocycles. The lowest BCUT2D eigenvalue weighted by molar-refractivity contribution is -0.119. The van der Waals surface area contributed by atoms with Gasteiger partial charge in [0, 0.05) is 12.3 Å². The Bertz CT molecular complexity index is 215. The summed E-state index contributed by atoms with van der Waals surface area (Å²) in [5.41, 5.74) is 5.22. The molecule has 1 amide bonds. The topological polar surface area (TPSA) is 46.3 Å². The van der Waals surface area contributed by atoms with Gasteiger partial charge in [-0.05, 0) is 51.2 Å². The molecule has 0 aromatic rings. The van der Waals surface area contributed by atoms with Crippen molar-refractivity contribution in [1.29, 1.82) is 0 Å². The summed E-state index contributed by atoms with van der Waals surface area (Å²) in [6, 6.07) is 0. The van der Waals surface area contributed by atoms with Gasteiger partial charge in [0.15, 0.2) is 0 Å². The van der Waals surface area contributed by atoms with Crippen molar-refractivity contribution in [2.24, 2.45) is 11.7 Å². The van der Waals surface area contributed by atoms with Crippen LogP contribution in [0.25, 0.3) is 0 Å². The zero-order valence-corrected chi connectivity index (χ0v) is 11.4. The van der Waals surface area contributed by atoms with Gasteiger partial charge in [0.2, 0.25) is 5.91 Å². The van der Waals surface area contributed by atoms with Crippen molar-refractivity contribution in [3.63, 3.8) is 0 Å². The van der Waals surface area contributed by atoms with E-state index in [4.69, 9.17) is 17.3 Å². The Morgan fingerprint density at radius 1 is 1.18 bits per heavy atom. The van der Waals surface area contributed by atoms with Crippen molar-refractivity contribution < 1.29 is 4.79 Å². The molecule has 0 radical (unpaired) electrons. The van der Waals surface area contributed by atoms with E-state index in [0.717, 1.165) is 38.2 Å². The fourth-order valence-electron chi connectivity index (χ4n) is 2.48. The summed E-state index contributed by atoms with van der Waals surface area (Å²) in [4.78, 5) is 13.3. The Kier molecular flexibility index (Phi) is 7.62. The minimum Gasteiger partial charge on any atom is -0.370 e. The van der Waals surface area contributed by atoms with Crippen LogP contribution in [0.2, 0.25) is 0 Å². The van der Waals surface area contributed by atoms with Crippen LogP contribution in [0.15, 0.2) is 0 Å². The van der Waals surface area contributed by atoms with Crippen LogP contribution < -0.4 is 5.73 Å². The molecule has 0 aromatic carbocycles. The standard InChI is InChI=1S/C13H25ClN2O/c14-7-3-1-2-4-8-16-9-5-12(6-10-16)11-13(15)17/h12H,1-11H2,(H2,15,17). The van der Waals surface area contributed by atoms with Gasteiger partial charge in [-0.25, -0.2) is 0 Å². The molecule has 4 heteroatoms. The number of alkyl halides is 1. The van der Waals surface area contributed by atoms with Gasteiger partial charge in [-0.3, -0.25) is 4.79 Å². The third kappa shape index (κ3) is 6.89. The Morgan fingerprint density at radius 2 is 1.82 bits per heavy atom. The molecule has 3 nitrogen and oxygen atoms in total. The van der Waals surface area contributed by atoms with Gasteiger partial charge in [-0.15, -0.1) is 11.6 Å². The second-order valence-electron chi connectivity index (χ2n) is 5.06. The normalized spacial score (nSPS) is 18.4. The molecule has 0 aliphatic carbocycles. The van der Waals surface area contributed by atoms with E-state index in [1.54, 1.807) is 0 Å². The van der Waals surface area contributed by atoms with Crippen molar-refractivity contribution in [1.82, 2.24) is 4.90 Å². The van der Waals surface area contributed by atoms with E-state index in [-0.39, 0.29) is 5.91 Å². The molecule has 2 N–H and O–H groups in total. The number of carbonyl (C=O) groups is 1. The minimum atomic E-state index is -0.149. The lowest BCUT2D eigenvalue weighted by atomic mass is 9.93. The smallest absolute Gasteiger partial charge is 0.217 e. The maximum absolute atomic E-state index is 10.8. The number of unbranched alkanes of at least 4 members (excludes halogenated alkanes) is 3. The van der Waals surface area contributed by atoms with E-state index in [0.29, 0.717) is 12.3 Å². The van der Waals surface area contributed by atoms with Gasteiger partial charge in [-0.1, -0.05) is 12.8 Å². The highest BCUT2D eigenvalue weighted by Crippen LogP contribution is 2.20. The number of halogens is 1. The SMILES string of the molecule is NC(=O)CC1CCN(CCCCCCCl)CC1. The molecule has 1 fully saturated rings. The maximum atomic E-state index is 10.8. The number of primary amides is 1. The number of nitrogens with zero attached hydrogens (tertiary/aromatic N) is 1. The molecule has 0 saturated carbocycles. The van der Waals surface area contributed by atoms with Gasteiger partial charge in [0.25, 0.3) is 0 Å². The number of likely N-dealkylation sites (tertiary alicyclic amines) is 1. The summed E-state index contributed by atoms with van der Waals surface area (Å²) in [5, 5.41) is 0. The number of nitrogens with two attached hydrogens (primary N) is 1. The molecule has 17 heavy (non-hydrogen) atoms. The molecule has 0 atom stereocenters. The van der Waals surface area contributed by atoms with Crippen LogP contribution in [-0.4, -0.2) is 36.3 Å². The molecule has 1 heterocycles. The summed E-state index contributed by atoms with van der Waals surface area (Å²) in [6.07, 6.45) is 7.79. The van der Waals surface area contributed by atoms with Gasteiger partial charge < -0.3 is 10.6 Å². The maximum Gasteiger partial charge on any atom is 0.217 e. The highest BCUT2D eigenvalue weighted by Gasteiger charge is 2.19. The van der Waals surface area contributed by atoms with E-state index < -0.39 is 0 Å². The Balaban J connectivity index is 2.01. The van der Waals surface area contributed by atoms with E-state index >= 15 is 0 Å². The Labute approximate surface area is 110 Å². The largest absolute Gasteiger partial charge is 0.370 e. The van der Waals surface area contributed by atoms with Crippen LogP contribution in [0.1, 0.15) is 44.9 Å². The van der Waals surface area contributed by atoms with E-state index in [1.807, 2.05) is 0 Å². The molecule has 1 rings (SSSR count). The number of hydrogen-bond acceptors (Lipinski definition) is 2. The predicted molar refractivity (Wildman–Crippen MR) is 72.2 cm³/mol. The van der Waals surface area contributed by atoms with Crippen molar-refractivity contribution in [2.75, 3.05) is 25.5 Å². The fourth-order valence-corrected chi connectivity index (χ4v) is 2.67. The number of carbonyl (C=O) groups excluding carboxylic acids is 1. The molecule has 0 spiro atoms. The van der Waals surface area contributed by atoms with Crippen LogP contribution in [0, 0.1) is 5.92 Å². The molecule has 0 unspecified atom stereocenters. The molecule has 100 valence electrons. The fraction of sp³-hybridized carbons (Fsp3) is 0.923. The molecular weight excluding hydrogens is 236 g/mol. The molecule has 1 aliphatic rings. The van der Waals surface area contributed by atoms with Crippen molar-refractivity contribution in [2.45, 2.75) is 44.9 Å². The van der Waals surface area contributed by atoms with Gasteiger partial charge >= 0.3 is 0 Å². The number of piperidine rings is 1. The number of amides is 1. The van der Waals surface area contributed by atoms with Crippen LogP contribution in [0.5, 0.6) is 0 Å². The molecule has 0 bridgehead atoms. The third-order valence-electron chi connectivity index (χ3n) is 3.55. The molecule has 1 saturated heterocycles. The third-order valence-corrected chi connectivity index (χ3v) is 3.82. The second kappa shape index (κ2) is 8.76. The van der Waals surface area contributed by atoms with Crippen molar-refractivity contribution in [3.8, 4) is 0 Å². The van der Waals surface area contributed by atoms with E-state index in [2.05, 4.69) is 4.90 Å². The average molecular weight is 261 g/mol. The average Bonchev–Trinajstić information content (AvgIpc) is 2.30. The van der Waals surface area contributed by atoms with Gasteiger partial charge in [0.05, 0.1) is 0 Å². The van der Waals surface area contributed by atoms with Crippen molar-refractivity contribution in [3.05, 3.63) is 0 Å². The summed E-state index contributed by atoms with van der Waals surface area (Å²) < 4.78 is 0. The summed E-state index contributed by atoms with van der Waals surface area (Å²) in [5.74, 6) is 1.17. The summed E-state index contributed by atoms with van der Waals surface area (Å²) in [6.45, 7) is 3.46. The van der Waals surface area contributed by atoms with Crippen molar-refractivity contribution >= 4 is 17.5 Å². The molecular formula is C13H25ClN2O. The van der Waals surface area contributed by atoms with Crippen LogP contribution in [-0.2, 0) is 4.79 Å². The molecule has 1 aliphatic heterocycles. The number of hydrogen-bond donors (Lipinski definition) is 1. The Hall–Kier alpha value is -0.280. The highest BCUT2D eigenvalue weighted by atomic mass is 35.5. The second-order valence-corrected chi connectivity index (χ2v) is 5.44. The van der Waals surface area contributed by atoms with E-state index in [9.17, 15) is 4.79 Å². The van der Waals surface area contributed by atoms with Crippen LogP contribution in [0.4, 0.5) is 0 Å². The first-order chi connectivity index (χ1) is 8.22. The predicted octanol–water partition coefficient (Wildman–Crippen LogP) is 2.37. The van der Waals surface area contributed by atoms with Gasteiger partial charge in [0.1, 0.15) is 0 Å². The lowest BCUT2D eigenvalue weighted by Gasteiger charge is -2.31. The lowest BCUT2D eigenvalue weighted by Crippen LogP contribution is -2.35. The zero-order chi connectivity index (χ0) is 12.5. The monoisotopic (exact) mass is 260 g/mol. The summed E-state index contributed by atoms with van der Waals surface area (Å²) >= 11 is 5.64. The Morgan fingerprint density at radius 3 is 2.41 bits per heavy atom. The highest BCUT2D eigenvalue weighted by molar-refractivity contribution is 6.17. The first-order valence-electron chi connectivity index (χ1n) is 6.79. The first kappa shape index (κ1) is 14.8. The quantitative estimate of drug-likeness (QED) is 0.538. The van der Waals surface area contributed by atoms with Crippen LogP contribution in [0.3, 0.4) is 0 Å². The van der Waals surface area contributed by atoms with Crippen LogP contribution >= 0.6 is 11.6 Å². The summed E-state index contributed by atoms with van der Waals surface area (Å²) in [7, 11) is 0. The zero-order valence-electron chi connectivity index (χ0n) is 10.7. The van der Waals surface area contributed by atoms with Gasteiger partial charge in [-0.2, -0.15) is 0 Å².